The van der Waals surface area contributed by atoms with E-state index in [9.17, 15) is 4.79 Å². The largest absolute Gasteiger partial charge is 0.479 e. The molecular weight excluding hydrogens is 182 g/mol. The van der Waals surface area contributed by atoms with Crippen LogP contribution in [0.4, 0.5) is 0 Å². The lowest BCUT2D eigenvalue weighted by Gasteiger charge is -2.31. The van der Waals surface area contributed by atoms with E-state index in [1.165, 1.54) is 0 Å². The average Bonchev–Trinajstić information content (AvgIpc) is 2.41. The maximum atomic E-state index is 10.7. The first-order valence-corrected chi connectivity index (χ1v) is 4.60. The van der Waals surface area contributed by atoms with Gasteiger partial charge in [-0.15, -0.1) is 0 Å². The summed E-state index contributed by atoms with van der Waals surface area (Å²) in [6.45, 7) is 1.45. The minimum Gasteiger partial charge on any atom is -0.479 e. The molecule has 2 rings (SSSR count). The number of carbonyl (C=O) groups is 1. The van der Waals surface area contributed by atoms with Crippen molar-refractivity contribution in [1.29, 1.82) is 0 Å². The smallest absolute Gasteiger partial charge is 0.341 e. The number of aliphatic carboxylic acids is 1. The zero-order valence-electron chi connectivity index (χ0n) is 7.66. The maximum Gasteiger partial charge on any atom is 0.341 e. The first-order chi connectivity index (χ1) is 6.77. The third kappa shape index (κ3) is 1.78. The molecule has 4 N–H and O–H groups in total. The maximum absolute atomic E-state index is 10.7. The topological polar surface area (TPSA) is 73.4 Å². The molecule has 76 valence electrons. The van der Waals surface area contributed by atoms with Crippen LogP contribution in [0.2, 0.25) is 0 Å². The van der Waals surface area contributed by atoms with Gasteiger partial charge in [0, 0.05) is 18.8 Å². The zero-order valence-corrected chi connectivity index (χ0v) is 7.66. The molecule has 0 spiro atoms. The molecule has 2 heterocycles. The van der Waals surface area contributed by atoms with Crippen LogP contribution in [0.1, 0.15) is 0 Å². The van der Waals surface area contributed by atoms with Crippen molar-refractivity contribution in [2.24, 2.45) is 0 Å². The summed E-state index contributed by atoms with van der Waals surface area (Å²) in [7, 11) is 0. The molecule has 2 unspecified atom stereocenters. The first-order valence-electron chi connectivity index (χ1n) is 4.60. The standard InChI is InChI=1S/C9H13N3O2/c13-9(14)8-11-5-7-6(12-8)3-1-2-4-10-7/h1-3,7-8,10-12H,4-5H2,(H,13,14). The van der Waals surface area contributed by atoms with Crippen LogP contribution in [0, 0.1) is 0 Å². The second-order valence-electron chi connectivity index (χ2n) is 3.33. The third-order valence-corrected chi connectivity index (χ3v) is 2.35. The molecule has 14 heavy (non-hydrogen) atoms. The second-order valence-corrected chi connectivity index (χ2v) is 3.33. The van der Waals surface area contributed by atoms with Gasteiger partial charge in [0.1, 0.15) is 0 Å². The summed E-state index contributed by atoms with van der Waals surface area (Å²) in [5.41, 5.74) is 0.935. The van der Waals surface area contributed by atoms with Gasteiger partial charge in [-0.25, -0.2) is 4.79 Å². The highest BCUT2D eigenvalue weighted by molar-refractivity contribution is 5.73. The van der Waals surface area contributed by atoms with Gasteiger partial charge in [-0.2, -0.15) is 0 Å². The number of allylic oxidation sites excluding steroid dienone is 2. The minimum absolute atomic E-state index is 0.181. The first kappa shape index (κ1) is 9.23. The van der Waals surface area contributed by atoms with Gasteiger partial charge in [-0.05, 0) is 6.08 Å². The summed E-state index contributed by atoms with van der Waals surface area (Å²) in [4.78, 5) is 10.7. The molecule has 2 atom stereocenters. The van der Waals surface area contributed by atoms with Crippen LogP contribution < -0.4 is 16.0 Å². The average molecular weight is 195 g/mol. The van der Waals surface area contributed by atoms with Gasteiger partial charge in [0.25, 0.3) is 0 Å². The van der Waals surface area contributed by atoms with Gasteiger partial charge in [0.2, 0.25) is 0 Å². The highest BCUT2D eigenvalue weighted by Crippen LogP contribution is 2.07. The Morgan fingerprint density at radius 3 is 3.14 bits per heavy atom. The van der Waals surface area contributed by atoms with Crippen LogP contribution in [-0.4, -0.2) is 36.4 Å². The molecule has 0 aromatic heterocycles. The normalized spacial score (nSPS) is 31.0. The van der Waals surface area contributed by atoms with Crippen molar-refractivity contribution in [2.45, 2.75) is 12.2 Å². The van der Waals surface area contributed by atoms with Crippen LogP contribution in [0.3, 0.4) is 0 Å². The fourth-order valence-electron chi connectivity index (χ4n) is 1.61. The lowest BCUT2D eigenvalue weighted by Crippen LogP contribution is -2.60. The Balaban J connectivity index is 2.09. The molecule has 1 fully saturated rings. The number of rotatable bonds is 1. The number of carboxylic acid groups (broad SMARTS) is 1. The Kier molecular flexibility index (Phi) is 2.51. The molecule has 0 aromatic rings. The summed E-state index contributed by atoms with van der Waals surface area (Å²) < 4.78 is 0. The van der Waals surface area contributed by atoms with Crippen molar-refractivity contribution >= 4 is 5.97 Å². The molecule has 5 heteroatoms. The monoisotopic (exact) mass is 195 g/mol. The molecule has 2 aliphatic heterocycles. The third-order valence-electron chi connectivity index (χ3n) is 2.35. The summed E-state index contributed by atoms with van der Waals surface area (Å²) in [6, 6.07) is 0.181. The van der Waals surface area contributed by atoms with Crippen molar-refractivity contribution in [2.75, 3.05) is 13.1 Å². The number of hydrogen-bond acceptors (Lipinski definition) is 4. The lowest BCUT2D eigenvalue weighted by atomic mass is 10.1. The molecule has 1 saturated heterocycles. The van der Waals surface area contributed by atoms with E-state index in [1.807, 2.05) is 18.2 Å². The molecule has 0 aromatic carbocycles. The highest BCUT2D eigenvalue weighted by atomic mass is 16.4. The second kappa shape index (κ2) is 3.81. The van der Waals surface area contributed by atoms with Gasteiger partial charge >= 0.3 is 5.97 Å². The van der Waals surface area contributed by atoms with Crippen molar-refractivity contribution < 1.29 is 9.90 Å². The van der Waals surface area contributed by atoms with E-state index in [2.05, 4.69) is 16.0 Å². The molecule has 0 amide bonds. The quantitative estimate of drug-likeness (QED) is 0.432. The zero-order chi connectivity index (χ0) is 9.97. The minimum atomic E-state index is -0.877. The van der Waals surface area contributed by atoms with Gasteiger partial charge in [-0.1, -0.05) is 12.2 Å². The van der Waals surface area contributed by atoms with Gasteiger partial charge < -0.3 is 15.7 Å². The molecule has 0 saturated carbocycles. The molecule has 5 nitrogen and oxygen atoms in total. The van der Waals surface area contributed by atoms with Crippen LogP contribution in [-0.2, 0) is 4.79 Å². The SMILES string of the molecule is O=C(O)C1NCC2NCC=CC=C2N1. The summed E-state index contributed by atoms with van der Waals surface area (Å²) in [6.07, 6.45) is 5.18. The van der Waals surface area contributed by atoms with Crippen LogP contribution in [0.15, 0.2) is 23.9 Å². The van der Waals surface area contributed by atoms with Crippen LogP contribution >= 0.6 is 0 Å². The summed E-state index contributed by atoms with van der Waals surface area (Å²) in [5, 5.41) is 17.9. The molecule has 0 aliphatic carbocycles. The van der Waals surface area contributed by atoms with Crippen LogP contribution in [0.25, 0.3) is 0 Å². The molecule has 0 bridgehead atoms. The van der Waals surface area contributed by atoms with E-state index in [4.69, 9.17) is 5.11 Å². The van der Waals surface area contributed by atoms with Crippen LogP contribution in [0.5, 0.6) is 0 Å². The molecular formula is C9H13N3O2. The van der Waals surface area contributed by atoms with E-state index < -0.39 is 12.1 Å². The number of nitrogens with one attached hydrogen (secondary N) is 3. The van der Waals surface area contributed by atoms with Crippen molar-refractivity contribution in [1.82, 2.24) is 16.0 Å². The van der Waals surface area contributed by atoms with E-state index in [0.717, 1.165) is 12.2 Å². The van der Waals surface area contributed by atoms with Crippen molar-refractivity contribution in [3.63, 3.8) is 0 Å². The lowest BCUT2D eigenvalue weighted by molar-refractivity contribution is -0.140. The Bertz CT molecular complexity index is 298. The predicted molar refractivity (Wildman–Crippen MR) is 51.6 cm³/mol. The Morgan fingerprint density at radius 1 is 1.50 bits per heavy atom. The molecule has 2 aliphatic rings. The van der Waals surface area contributed by atoms with E-state index in [-0.39, 0.29) is 6.04 Å². The van der Waals surface area contributed by atoms with Crippen molar-refractivity contribution in [3.8, 4) is 0 Å². The van der Waals surface area contributed by atoms with Gasteiger partial charge in [-0.3, -0.25) is 5.32 Å². The fourth-order valence-corrected chi connectivity index (χ4v) is 1.61. The van der Waals surface area contributed by atoms with E-state index in [0.29, 0.717) is 6.54 Å². The number of hydrogen-bond donors (Lipinski definition) is 4. The van der Waals surface area contributed by atoms with Gasteiger partial charge in [0.05, 0.1) is 6.04 Å². The van der Waals surface area contributed by atoms with E-state index >= 15 is 0 Å². The van der Waals surface area contributed by atoms with Crippen molar-refractivity contribution in [3.05, 3.63) is 23.9 Å². The summed E-state index contributed by atoms with van der Waals surface area (Å²) in [5.74, 6) is -0.877. The Morgan fingerprint density at radius 2 is 2.36 bits per heavy atom. The van der Waals surface area contributed by atoms with E-state index in [1.54, 1.807) is 0 Å². The number of fused-ring (bicyclic) bond motifs is 1. The Hall–Kier alpha value is -1.33. The fraction of sp³-hybridized carbons (Fsp3) is 0.444. The molecule has 0 radical (unpaired) electrons. The Labute approximate surface area is 81.9 Å². The highest BCUT2D eigenvalue weighted by Gasteiger charge is 2.27. The number of carboxylic acids is 1. The predicted octanol–water partition coefficient (Wildman–Crippen LogP) is -0.998. The van der Waals surface area contributed by atoms with Gasteiger partial charge in [0.15, 0.2) is 6.17 Å². The summed E-state index contributed by atoms with van der Waals surface area (Å²) >= 11 is 0.